The highest BCUT2D eigenvalue weighted by Gasteiger charge is 2.18. The topological polar surface area (TPSA) is 54.3 Å². The third-order valence-corrected chi connectivity index (χ3v) is 4.03. The summed E-state index contributed by atoms with van der Waals surface area (Å²) in [6, 6.07) is 5.35. The van der Waals surface area contributed by atoms with Crippen LogP contribution in [0.1, 0.15) is 5.56 Å². The first-order valence-electron chi connectivity index (χ1n) is 7.83. The first kappa shape index (κ1) is 16.5. The van der Waals surface area contributed by atoms with E-state index in [4.69, 9.17) is 0 Å². The van der Waals surface area contributed by atoms with Gasteiger partial charge in [0, 0.05) is 51.2 Å². The lowest BCUT2D eigenvalue weighted by molar-refractivity contribution is 0.119. The Kier molecular flexibility index (Phi) is 5.14. The molecule has 6 nitrogen and oxygen atoms in total. The zero-order valence-corrected chi connectivity index (χ0v) is 13.2. The zero-order chi connectivity index (χ0) is 16.9. The van der Waals surface area contributed by atoms with Crippen LogP contribution in [0, 0.1) is 0 Å². The number of aromatic nitrogens is 3. The largest absolute Gasteiger partial charge is 0.368 e. The lowest BCUT2D eigenvalue weighted by Gasteiger charge is -2.35. The third-order valence-electron chi connectivity index (χ3n) is 4.03. The summed E-state index contributed by atoms with van der Waals surface area (Å²) >= 11 is 0. The van der Waals surface area contributed by atoms with Crippen molar-refractivity contribution in [1.82, 2.24) is 19.7 Å². The second-order valence-electron chi connectivity index (χ2n) is 5.75. The minimum absolute atomic E-state index is 0.495. The molecular formula is C16H19F2N5O. The number of anilines is 1. The molecule has 0 aliphatic carbocycles. The maximum Gasteiger partial charge on any atom is 0.269 e. The molecule has 0 aromatic carbocycles. The van der Waals surface area contributed by atoms with Crippen LogP contribution in [0.15, 0.2) is 41.6 Å². The standard InChI is InChI=1S/C16H19F2N5O/c17-15(18)12-23-16(24)8-14(10-20-23)22-6-4-21(5-7-22)11-13-2-1-3-19-9-13/h1-3,8-10,15H,4-7,11-12H2. The minimum Gasteiger partial charge on any atom is -0.368 e. The summed E-state index contributed by atoms with van der Waals surface area (Å²) in [7, 11) is 0. The molecule has 0 N–H and O–H groups in total. The normalized spacial score (nSPS) is 15.9. The van der Waals surface area contributed by atoms with Crippen LogP contribution in [0.25, 0.3) is 0 Å². The van der Waals surface area contributed by atoms with Crippen LogP contribution in [0.5, 0.6) is 0 Å². The number of hydrogen-bond acceptors (Lipinski definition) is 5. The Morgan fingerprint density at radius 1 is 1.17 bits per heavy atom. The molecular weight excluding hydrogens is 316 g/mol. The van der Waals surface area contributed by atoms with Crippen LogP contribution in [-0.4, -0.2) is 52.3 Å². The Bertz CT molecular complexity index is 714. The van der Waals surface area contributed by atoms with E-state index in [1.807, 2.05) is 18.3 Å². The van der Waals surface area contributed by atoms with Crippen molar-refractivity contribution in [3.8, 4) is 0 Å². The van der Waals surface area contributed by atoms with Gasteiger partial charge in [0.15, 0.2) is 0 Å². The Labute approximate surface area is 138 Å². The fourth-order valence-electron chi connectivity index (χ4n) is 2.78. The molecule has 3 heterocycles. The molecule has 1 saturated heterocycles. The average molecular weight is 335 g/mol. The average Bonchev–Trinajstić information content (AvgIpc) is 2.58. The van der Waals surface area contributed by atoms with Gasteiger partial charge >= 0.3 is 0 Å². The Hall–Kier alpha value is -2.35. The van der Waals surface area contributed by atoms with Crippen LogP contribution >= 0.6 is 0 Å². The summed E-state index contributed by atoms with van der Waals surface area (Å²) in [5.74, 6) is 0. The monoisotopic (exact) mass is 335 g/mol. The second kappa shape index (κ2) is 7.48. The first-order chi connectivity index (χ1) is 11.6. The number of rotatable bonds is 5. The maximum absolute atomic E-state index is 12.4. The van der Waals surface area contributed by atoms with Crippen molar-refractivity contribution < 1.29 is 8.78 Å². The molecule has 128 valence electrons. The molecule has 0 spiro atoms. The number of nitrogens with zero attached hydrogens (tertiary/aromatic N) is 5. The second-order valence-corrected chi connectivity index (χ2v) is 5.75. The summed E-state index contributed by atoms with van der Waals surface area (Å²) in [6.07, 6.45) is 2.52. The van der Waals surface area contributed by atoms with Gasteiger partial charge in [-0.2, -0.15) is 5.10 Å². The molecule has 0 radical (unpaired) electrons. The third kappa shape index (κ3) is 4.14. The van der Waals surface area contributed by atoms with Crippen molar-refractivity contribution in [2.45, 2.75) is 19.5 Å². The number of pyridine rings is 1. The zero-order valence-electron chi connectivity index (χ0n) is 13.2. The molecule has 8 heteroatoms. The van der Waals surface area contributed by atoms with E-state index in [-0.39, 0.29) is 0 Å². The highest BCUT2D eigenvalue weighted by atomic mass is 19.3. The SMILES string of the molecule is O=c1cc(N2CCN(Cc3cccnc3)CC2)cnn1CC(F)F. The molecule has 0 bridgehead atoms. The van der Waals surface area contributed by atoms with E-state index in [9.17, 15) is 13.6 Å². The van der Waals surface area contributed by atoms with Crippen molar-refractivity contribution in [3.05, 3.63) is 52.7 Å². The number of halogens is 2. The van der Waals surface area contributed by atoms with Gasteiger partial charge < -0.3 is 4.90 Å². The van der Waals surface area contributed by atoms with Gasteiger partial charge in [-0.25, -0.2) is 13.5 Å². The van der Waals surface area contributed by atoms with E-state index in [1.165, 1.54) is 17.8 Å². The molecule has 2 aromatic heterocycles. The van der Waals surface area contributed by atoms with Gasteiger partial charge in [-0.05, 0) is 11.6 Å². The van der Waals surface area contributed by atoms with Gasteiger partial charge in [-0.1, -0.05) is 6.07 Å². The van der Waals surface area contributed by atoms with Gasteiger partial charge in [-0.15, -0.1) is 0 Å². The van der Waals surface area contributed by atoms with Crippen LogP contribution in [0.2, 0.25) is 0 Å². The fourth-order valence-corrected chi connectivity index (χ4v) is 2.78. The number of hydrogen-bond donors (Lipinski definition) is 0. The van der Waals surface area contributed by atoms with Gasteiger partial charge in [0.25, 0.3) is 12.0 Å². The lowest BCUT2D eigenvalue weighted by Crippen LogP contribution is -2.46. The molecule has 1 aliphatic heterocycles. The Morgan fingerprint density at radius 3 is 2.58 bits per heavy atom. The maximum atomic E-state index is 12.4. The summed E-state index contributed by atoms with van der Waals surface area (Å²) < 4.78 is 25.5. The fraction of sp³-hybridized carbons (Fsp3) is 0.438. The molecule has 1 fully saturated rings. The molecule has 24 heavy (non-hydrogen) atoms. The minimum atomic E-state index is -2.59. The van der Waals surface area contributed by atoms with Crippen molar-refractivity contribution in [3.63, 3.8) is 0 Å². The predicted molar refractivity (Wildman–Crippen MR) is 86.2 cm³/mol. The van der Waals surface area contributed by atoms with E-state index >= 15 is 0 Å². The highest BCUT2D eigenvalue weighted by molar-refractivity contribution is 5.43. The molecule has 0 unspecified atom stereocenters. The molecule has 0 saturated carbocycles. The van der Waals surface area contributed by atoms with Gasteiger partial charge in [0.05, 0.1) is 11.9 Å². The number of alkyl halides is 2. The van der Waals surface area contributed by atoms with E-state index < -0.39 is 18.5 Å². The molecule has 0 atom stereocenters. The van der Waals surface area contributed by atoms with Crippen LogP contribution < -0.4 is 10.5 Å². The van der Waals surface area contributed by atoms with Crippen LogP contribution in [-0.2, 0) is 13.1 Å². The lowest BCUT2D eigenvalue weighted by atomic mass is 10.2. The van der Waals surface area contributed by atoms with E-state index in [0.717, 1.165) is 37.4 Å². The van der Waals surface area contributed by atoms with Crippen molar-refractivity contribution in [2.24, 2.45) is 0 Å². The molecule has 0 amide bonds. The smallest absolute Gasteiger partial charge is 0.269 e. The van der Waals surface area contributed by atoms with E-state index in [1.54, 1.807) is 6.20 Å². The van der Waals surface area contributed by atoms with Crippen molar-refractivity contribution >= 4 is 5.69 Å². The van der Waals surface area contributed by atoms with Gasteiger partial charge in [-0.3, -0.25) is 14.7 Å². The summed E-state index contributed by atoms with van der Waals surface area (Å²) in [6.45, 7) is 3.42. The quantitative estimate of drug-likeness (QED) is 0.823. The Balaban J connectivity index is 1.58. The molecule has 3 rings (SSSR count). The Morgan fingerprint density at radius 2 is 1.96 bits per heavy atom. The highest BCUT2D eigenvalue weighted by Crippen LogP contribution is 2.14. The molecule has 2 aromatic rings. The van der Waals surface area contributed by atoms with Gasteiger partial charge in [0.2, 0.25) is 0 Å². The summed E-state index contributed by atoms with van der Waals surface area (Å²) in [5, 5.41) is 3.84. The van der Waals surface area contributed by atoms with Gasteiger partial charge in [0.1, 0.15) is 6.54 Å². The first-order valence-corrected chi connectivity index (χ1v) is 7.83. The predicted octanol–water partition coefficient (Wildman–Crippen LogP) is 1.23. The summed E-state index contributed by atoms with van der Waals surface area (Å²) in [4.78, 5) is 20.3. The van der Waals surface area contributed by atoms with E-state index in [0.29, 0.717) is 5.69 Å². The summed E-state index contributed by atoms with van der Waals surface area (Å²) in [5.41, 5.74) is 1.36. The molecule has 1 aliphatic rings. The van der Waals surface area contributed by atoms with Crippen LogP contribution in [0.3, 0.4) is 0 Å². The van der Waals surface area contributed by atoms with Crippen molar-refractivity contribution in [2.75, 3.05) is 31.1 Å². The number of piperazine rings is 1. The van der Waals surface area contributed by atoms with Crippen molar-refractivity contribution in [1.29, 1.82) is 0 Å². The van der Waals surface area contributed by atoms with E-state index in [2.05, 4.69) is 19.9 Å². The van der Waals surface area contributed by atoms with Crippen LogP contribution in [0.4, 0.5) is 14.5 Å².